The molecule has 2 aromatic rings. The summed E-state index contributed by atoms with van der Waals surface area (Å²) in [6.45, 7) is 3.37. The van der Waals surface area contributed by atoms with Crippen LogP contribution in [0.3, 0.4) is 0 Å². The van der Waals surface area contributed by atoms with E-state index in [1.807, 2.05) is 0 Å². The van der Waals surface area contributed by atoms with E-state index in [0.717, 1.165) is 6.54 Å². The van der Waals surface area contributed by atoms with Gasteiger partial charge in [0.1, 0.15) is 0 Å². The Kier molecular flexibility index (Phi) is 5.42. The van der Waals surface area contributed by atoms with Crippen LogP contribution >= 0.6 is 0 Å². The van der Waals surface area contributed by atoms with Crippen LogP contribution in [0.2, 0.25) is 0 Å². The van der Waals surface area contributed by atoms with Gasteiger partial charge in [0.25, 0.3) is 0 Å². The Morgan fingerprint density at radius 3 is 2.15 bits per heavy atom. The fourth-order valence-electron chi connectivity index (χ4n) is 2.71. The SMILES string of the molecule is [Cl-].c1ccc(C[n+]2ccc(N3CCCCC3)cc2)cc1. The zero-order valence-electron chi connectivity index (χ0n) is 11.7. The second kappa shape index (κ2) is 7.30. The molecule has 0 amide bonds. The van der Waals surface area contributed by atoms with E-state index in [-0.39, 0.29) is 12.4 Å². The zero-order valence-corrected chi connectivity index (χ0v) is 12.5. The third-order valence-electron chi connectivity index (χ3n) is 3.80. The third-order valence-corrected chi connectivity index (χ3v) is 3.80. The normalized spacial score (nSPS) is 14.7. The van der Waals surface area contributed by atoms with E-state index in [1.54, 1.807) is 0 Å². The molecule has 1 fully saturated rings. The monoisotopic (exact) mass is 288 g/mol. The summed E-state index contributed by atoms with van der Waals surface area (Å²) in [5.74, 6) is 0. The summed E-state index contributed by atoms with van der Waals surface area (Å²) in [6, 6.07) is 15.1. The van der Waals surface area contributed by atoms with Crippen LogP contribution in [0, 0.1) is 0 Å². The number of pyridine rings is 1. The van der Waals surface area contributed by atoms with Crippen molar-refractivity contribution in [3.63, 3.8) is 0 Å². The van der Waals surface area contributed by atoms with Crippen molar-refractivity contribution in [2.75, 3.05) is 18.0 Å². The van der Waals surface area contributed by atoms with Crippen molar-refractivity contribution in [2.45, 2.75) is 25.8 Å². The first-order valence-corrected chi connectivity index (χ1v) is 7.20. The number of hydrogen-bond donors (Lipinski definition) is 0. The number of hydrogen-bond acceptors (Lipinski definition) is 1. The first kappa shape index (κ1) is 14.9. The molecule has 0 bridgehead atoms. The number of anilines is 1. The summed E-state index contributed by atoms with van der Waals surface area (Å²) < 4.78 is 2.24. The van der Waals surface area contributed by atoms with Gasteiger partial charge in [-0.25, -0.2) is 4.57 Å². The van der Waals surface area contributed by atoms with Gasteiger partial charge in [-0.1, -0.05) is 30.3 Å². The molecule has 1 aliphatic heterocycles. The van der Waals surface area contributed by atoms with E-state index < -0.39 is 0 Å². The van der Waals surface area contributed by atoms with E-state index in [9.17, 15) is 0 Å². The van der Waals surface area contributed by atoms with Gasteiger partial charge in [0.05, 0.1) is 0 Å². The summed E-state index contributed by atoms with van der Waals surface area (Å²) in [7, 11) is 0. The standard InChI is InChI=1S/C17H21N2.ClH/c1-3-7-16(8-4-1)15-18-13-9-17(10-14-18)19-11-5-2-6-12-19;/h1,3-4,7-10,13-14H,2,5-6,11-12,15H2;1H/q+1;/p-1. The van der Waals surface area contributed by atoms with Crippen LogP contribution in [0.15, 0.2) is 54.9 Å². The van der Waals surface area contributed by atoms with Crippen molar-refractivity contribution in [3.05, 3.63) is 60.4 Å². The van der Waals surface area contributed by atoms with Gasteiger partial charge in [0.2, 0.25) is 0 Å². The molecule has 1 aliphatic rings. The maximum absolute atomic E-state index is 2.50. The summed E-state index contributed by atoms with van der Waals surface area (Å²) in [4.78, 5) is 2.50. The Bertz CT molecular complexity index is 504. The summed E-state index contributed by atoms with van der Waals surface area (Å²) in [5, 5.41) is 0. The second-order valence-corrected chi connectivity index (χ2v) is 5.26. The van der Waals surface area contributed by atoms with Crippen LogP contribution in [0.5, 0.6) is 0 Å². The first-order valence-electron chi connectivity index (χ1n) is 7.20. The third kappa shape index (κ3) is 3.73. The first-order chi connectivity index (χ1) is 9.42. The van der Waals surface area contributed by atoms with E-state index in [1.165, 1.54) is 43.6 Å². The van der Waals surface area contributed by atoms with Gasteiger partial charge in [0, 0.05) is 36.5 Å². The van der Waals surface area contributed by atoms with E-state index in [2.05, 4.69) is 64.3 Å². The molecule has 0 atom stereocenters. The molecule has 106 valence electrons. The molecule has 0 radical (unpaired) electrons. The highest BCUT2D eigenvalue weighted by Gasteiger charge is 2.12. The Hall–Kier alpha value is -1.54. The number of rotatable bonds is 3. The summed E-state index contributed by atoms with van der Waals surface area (Å²) in [5.41, 5.74) is 2.71. The number of benzene rings is 1. The highest BCUT2D eigenvalue weighted by atomic mass is 35.5. The largest absolute Gasteiger partial charge is 1.00 e. The predicted octanol–water partition coefficient (Wildman–Crippen LogP) is 0.0167. The smallest absolute Gasteiger partial charge is 0.173 e. The van der Waals surface area contributed by atoms with Crippen LogP contribution in [0.4, 0.5) is 5.69 Å². The Balaban J connectivity index is 0.00000147. The minimum absolute atomic E-state index is 0. The van der Waals surface area contributed by atoms with Crippen LogP contribution in [0.25, 0.3) is 0 Å². The van der Waals surface area contributed by atoms with Crippen LogP contribution in [-0.2, 0) is 6.54 Å². The fraction of sp³-hybridized carbons (Fsp3) is 0.353. The van der Waals surface area contributed by atoms with Crippen molar-refractivity contribution in [3.8, 4) is 0 Å². The van der Waals surface area contributed by atoms with Gasteiger partial charge in [-0.15, -0.1) is 0 Å². The molecule has 0 unspecified atom stereocenters. The Morgan fingerprint density at radius 2 is 1.50 bits per heavy atom. The van der Waals surface area contributed by atoms with Crippen LogP contribution in [0.1, 0.15) is 24.8 Å². The second-order valence-electron chi connectivity index (χ2n) is 5.26. The number of piperidine rings is 1. The molecule has 0 spiro atoms. The molecule has 1 aromatic carbocycles. The quantitative estimate of drug-likeness (QED) is 0.722. The molecule has 20 heavy (non-hydrogen) atoms. The molecular formula is C17H21ClN2. The molecule has 3 rings (SSSR count). The molecule has 0 saturated carbocycles. The van der Waals surface area contributed by atoms with Crippen LogP contribution in [-0.4, -0.2) is 13.1 Å². The summed E-state index contributed by atoms with van der Waals surface area (Å²) >= 11 is 0. The molecular weight excluding hydrogens is 268 g/mol. The minimum atomic E-state index is 0. The molecule has 2 heterocycles. The number of halogens is 1. The van der Waals surface area contributed by atoms with Crippen molar-refractivity contribution in [1.82, 2.24) is 0 Å². The Morgan fingerprint density at radius 1 is 0.850 bits per heavy atom. The highest BCUT2D eigenvalue weighted by molar-refractivity contribution is 5.43. The van der Waals surface area contributed by atoms with E-state index in [0.29, 0.717) is 0 Å². The molecule has 0 N–H and O–H groups in total. The topological polar surface area (TPSA) is 7.12 Å². The fourth-order valence-corrected chi connectivity index (χ4v) is 2.71. The van der Waals surface area contributed by atoms with Crippen molar-refractivity contribution < 1.29 is 17.0 Å². The molecule has 1 saturated heterocycles. The lowest BCUT2D eigenvalue weighted by Gasteiger charge is -2.28. The molecule has 1 aromatic heterocycles. The van der Waals surface area contributed by atoms with Gasteiger partial charge in [-0.05, 0) is 19.3 Å². The Labute approximate surface area is 127 Å². The lowest BCUT2D eigenvalue weighted by Crippen LogP contribution is -3.00. The van der Waals surface area contributed by atoms with Gasteiger partial charge in [-0.2, -0.15) is 0 Å². The van der Waals surface area contributed by atoms with Gasteiger partial charge < -0.3 is 17.3 Å². The molecule has 2 nitrogen and oxygen atoms in total. The van der Waals surface area contributed by atoms with Crippen molar-refractivity contribution >= 4 is 5.69 Å². The lowest BCUT2D eigenvalue weighted by molar-refractivity contribution is -0.688. The maximum atomic E-state index is 2.50. The zero-order chi connectivity index (χ0) is 12.9. The van der Waals surface area contributed by atoms with Gasteiger partial charge >= 0.3 is 0 Å². The number of aromatic nitrogens is 1. The van der Waals surface area contributed by atoms with Crippen molar-refractivity contribution in [2.24, 2.45) is 0 Å². The molecule has 3 heteroatoms. The van der Waals surface area contributed by atoms with Crippen molar-refractivity contribution in [1.29, 1.82) is 0 Å². The highest BCUT2D eigenvalue weighted by Crippen LogP contribution is 2.17. The number of nitrogens with zero attached hydrogens (tertiary/aromatic N) is 2. The average molecular weight is 289 g/mol. The van der Waals surface area contributed by atoms with Gasteiger partial charge in [0.15, 0.2) is 18.9 Å². The minimum Gasteiger partial charge on any atom is -1.00 e. The van der Waals surface area contributed by atoms with Crippen LogP contribution < -0.4 is 21.9 Å². The molecule has 0 aliphatic carbocycles. The van der Waals surface area contributed by atoms with E-state index in [4.69, 9.17) is 0 Å². The summed E-state index contributed by atoms with van der Waals surface area (Å²) in [6.07, 6.45) is 8.43. The average Bonchev–Trinajstić information content (AvgIpc) is 2.50. The van der Waals surface area contributed by atoms with E-state index >= 15 is 0 Å². The maximum Gasteiger partial charge on any atom is 0.173 e. The van der Waals surface area contributed by atoms with Gasteiger partial charge in [-0.3, -0.25) is 0 Å². The lowest BCUT2D eigenvalue weighted by atomic mass is 10.1. The predicted molar refractivity (Wildman–Crippen MR) is 78.2 cm³/mol.